The van der Waals surface area contributed by atoms with E-state index < -0.39 is 0 Å². The monoisotopic (exact) mass is 282 g/mol. The Morgan fingerprint density at radius 2 is 1.94 bits per heavy atom. The van der Waals surface area contributed by atoms with E-state index in [-0.39, 0.29) is 36.2 Å². The summed E-state index contributed by atoms with van der Waals surface area (Å²) >= 11 is 10.9. The van der Waals surface area contributed by atoms with E-state index in [1.54, 1.807) is 18.2 Å². The lowest BCUT2D eigenvalue weighted by atomic mass is 10.1. The highest BCUT2D eigenvalue weighted by atomic mass is 35.5. The van der Waals surface area contributed by atoms with Gasteiger partial charge in [0.15, 0.2) is 0 Å². The summed E-state index contributed by atoms with van der Waals surface area (Å²) in [6.45, 7) is 0.202. The molecule has 1 saturated heterocycles. The van der Waals surface area contributed by atoms with Gasteiger partial charge in [-0.25, -0.2) is 0 Å². The Kier molecular flexibility index (Phi) is 3.63. The van der Waals surface area contributed by atoms with Crippen molar-refractivity contribution in [1.29, 1.82) is 0 Å². The minimum atomic E-state index is -0.158. The van der Waals surface area contributed by atoms with Crippen LogP contribution in [0.4, 0.5) is 0 Å². The lowest BCUT2D eigenvalue weighted by molar-refractivity contribution is -0.139. The molecule has 2 rings (SSSR count). The van der Waals surface area contributed by atoms with E-state index in [2.05, 4.69) is 0 Å². The summed E-state index contributed by atoms with van der Waals surface area (Å²) in [5.41, 5.74) is 6.87. The molecule has 0 aromatic heterocycles. The molecule has 18 heavy (non-hydrogen) atoms. The molecule has 0 atom stereocenters. The van der Waals surface area contributed by atoms with Gasteiger partial charge >= 0.3 is 0 Å². The number of benzene rings is 1. The van der Waals surface area contributed by atoms with E-state index >= 15 is 0 Å². The van der Waals surface area contributed by atoms with Crippen molar-refractivity contribution in [2.45, 2.75) is 19.4 Å². The van der Waals surface area contributed by atoms with E-state index in [0.29, 0.717) is 16.1 Å². The van der Waals surface area contributed by atoms with Crippen molar-refractivity contribution in [1.82, 2.24) is 4.90 Å². The molecule has 2 amide bonds. The van der Waals surface area contributed by atoms with E-state index in [1.165, 1.54) is 4.90 Å². The van der Waals surface area contributed by atoms with Gasteiger partial charge in [0, 0.05) is 23.4 Å². The fraction of sp³-hybridized carbons (Fsp3) is 0.250. The van der Waals surface area contributed by atoms with Gasteiger partial charge in [0.25, 0.3) is 0 Å². The lowest BCUT2D eigenvalue weighted by Crippen LogP contribution is -2.28. The fourth-order valence-corrected chi connectivity index (χ4v) is 2.17. The third kappa shape index (κ3) is 2.52. The number of hydrogen-bond donors (Lipinski definition) is 1. The molecule has 1 aromatic rings. The molecule has 1 heterocycles. The average molecular weight is 283 g/mol. The Morgan fingerprint density at radius 1 is 1.33 bits per heavy atom. The number of halogens is 1. The Balaban J connectivity index is 2.22. The quantitative estimate of drug-likeness (QED) is 0.676. The second kappa shape index (κ2) is 5.04. The topological polar surface area (TPSA) is 63.4 Å². The maximum atomic E-state index is 11.5. The molecular weight excluding hydrogens is 272 g/mol. The first-order valence-corrected chi connectivity index (χ1v) is 6.19. The summed E-state index contributed by atoms with van der Waals surface area (Å²) in [5.74, 6) is -0.316. The normalized spacial score (nSPS) is 15.3. The first kappa shape index (κ1) is 13.0. The Labute approximate surface area is 115 Å². The van der Waals surface area contributed by atoms with Crippen LogP contribution >= 0.6 is 23.8 Å². The molecule has 1 aliphatic heterocycles. The minimum Gasteiger partial charge on any atom is -0.389 e. The number of amides is 2. The first-order valence-electron chi connectivity index (χ1n) is 5.40. The first-order chi connectivity index (χ1) is 8.49. The van der Waals surface area contributed by atoms with Crippen LogP contribution in [0.1, 0.15) is 24.0 Å². The Morgan fingerprint density at radius 3 is 2.44 bits per heavy atom. The zero-order valence-corrected chi connectivity index (χ0v) is 11.1. The van der Waals surface area contributed by atoms with Crippen LogP contribution in [0, 0.1) is 0 Å². The highest BCUT2D eigenvalue weighted by molar-refractivity contribution is 7.80. The molecule has 0 aliphatic carbocycles. The van der Waals surface area contributed by atoms with Crippen LogP contribution in [-0.4, -0.2) is 21.7 Å². The van der Waals surface area contributed by atoms with Crippen molar-refractivity contribution < 1.29 is 9.59 Å². The van der Waals surface area contributed by atoms with Crippen molar-refractivity contribution in [2.75, 3.05) is 0 Å². The second-order valence-corrected chi connectivity index (χ2v) is 4.89. The van der Waals surface area contributed by atoms with Crippen LogP contribution in [0.3, 0.4) is 0 Å². The maximum absolute atomic E-state index is 11.5. The Bertz CT molecular complexity index is 529. The molecule has 0 spiro atoms. The summed E-state index contributed by atoms with van der Waals surface area (Å²) < 4.78 is 0. The van der Waals surface area contributed by atoms with E-state index in [0.717, 1.165) is 0 Å². The van der Waals surface area contributed by atoms with Gasteiger partial charge in [0.05, 0.1) is 6.54 Å². The van der Waals surface area contributed by atoms with Gasteiger partial charge in [-0.3, -0.25) is 14.5 Å². The minimum absolute atomic E-state index is 0.158. The molecule has 2 N–H and O–H groups in total. The fourth-order valence-electron chi connectivity index (χ4n) is 1.80. The molecule has 0 radical (unpaired) electrons. The molecule has 0 unspecified atom stereocenters. The standard InChI is InChI=1S/C12H11ClN2O2S/c13-9-5-7(12(14)18)1-2-8(9)6-15-10(16)3-4-11(15)17/h1-2,5H,3-4,6H2,(H2,14,18). The summed E-state index contributed by atoms with van der Waals surface area (Å²) in [6.07, 6.45) is 0.558. The summed E-state index contributed by atoms with van der Waals surface area (Å²) in [7, 11) is 0. The van der Waals surface area contributed by atoms with Crippen LogP contribution in [0.25, 0.3) is 0 Å². The molecular formula is C12H11ClN2O2S. The Hall–Kier alpha value is -1.46. The predicted molar refractivity (Wildman–Crippen MR) is 72.1 cm³/mol. The van der Waals surface area contributed by atoms with Gasteiger partial charge in [-0.1, -0.05) is 36.0 Å². The van der Waals surface area contributed by atoms with Gasteiger partial charge in [-0.2, -0.15) is 0 Å². The average Bonchev–Trinajstić information content (AvgIpc) is 2.63. The lowest BCUT2D eigenvalue weighted by Gasteiger charge is -2.15. The van der Waals surface area contributed by atoms with Crippen molar-refractivity contribution in [2.24, 2.45) is 5.73 Å². The third-order valence-corrected chi connectivity index (χ3v) is 3.41. The SMILES string of the molecule is NC(=S)c1ccc(CN2C(=O)CCC2=O)c(Cl)c1. The van der Waals surface area contributed by atoms with Crippen LogP contribution in [0.5, 0.6) is 0 Å². The molecule has 1 aromatic carbocycles. The van der Waals surface area contributed by atoms with Crippen molar-refractivity contribution in [3.05, 3.63) is 34.3 Å². The van der Waals surface area contributed by atoms with Gasteiger partial charge in [-0.05, 0) is 11.6 Å². The zero-order valence-electron chi connectivity index (χ0n) is 9.48. The van der Waals surface area contributed by atoms with E-state index in [1.807, 2.05) is 0 Å². The molecule has 1 aliphatic rings. The largest absolute Gasteiger partial charge is 0.389 e. The summed E-state index contributed by atoms with van der Waals surface area (Å²) in [6, 6.07) is 5.11. The van der Waals surface area contributed by atoms with Crippen molar-refractivity contribution >= 4 is 40.6 Å². The van der Waals surface area contributed by atoms with E-state index in [4.69, 9.17) is 29.6 Å². The van der Waals surface area contributed by atoms with Gasteiger partial charge in [0.2, 0.25) is 11.8 Å². The van der Waals surface area contributed by atoms with Gasteiger partial charge in [-0.15, -0.1) is 0 Å². The number of carbonyl (C=O) groups is 2. The molecule has 1 fully saturated rings. The van der Waals surface area contributed by atoms with Crippen molar-refractivity contribution in [3.63, 3.8) is 0 Å². The number of nitrogens with two attached hydrogens (primary N) is 1. The molecule has 0 saturated carbocycles. The number of nitrogens with zero attached hydrogens (tertiary/aromatic N) is 1. The van der Waals surface area contributed by atoms with Crippen LogP contribution in [0.2, 0.25) is 5.02 Å². The molecule has 4 nitrogen and oxygen atoms in total. The molecule has 6 heteroatoms. The summed E-state index contributed by atoms with van der Waals surface area (Å²) in [4.78, 5) is 24.5. The summed E-state index contributed by atoms with van der Waals surface area (Å²) in [5, 5.41) is 0.452. The molecule has 0 bridgehead atoms. The van der Waals surface area contributed by atoms with Gasteiger partial charge in [0.1, 0.15) is 4.99 Å². The number of carbonyl (C=O) groups excluding carboxylic acids is 2. The zero-order chi connectivity index (χ0) is 13.3. The third-order valence-electron chi connectivity index (χ3n) is 2.82. The number of imide groups is 1. The van der Waals surface area contributed by atoms with Crippen LogP contribution < -0.4 is 5.73 Å². The smallest absolute Gasteiger partial charge is 0.229 e. The number of rotatable bonds is 3. The number of hydrogen-bond acceptors (Lipinski definition) is 3. The second-order valence-electron chi connectivity index (χ2n) is 4.04. The maximum Gasteiger partial charge on any atom is 0.229 e. The van der Waals surface area contributed by atoms with Crippen LogP contribution in [-0.2, 0) is 16.1 Å². The highest BCUT2D eigenvalue weighted by Crippen LogP contribution is 2.22. The predicted octanol–water partition coefficient (Wildman–Crippen LogP) is 1.62. The van der Waals surface area contributed by atoms with E-state index in [9.17, 15) is 9.59 Å². The van der Waals surface area contributed by atoms with Crippen LogP contribution in [0.15, 0.2) is 18.2 Å². The highest BCUT2D eigenvalue weighted by Gasteiger charge is 2.29. The van der Waals surface area contributed by atoms with Crippen molar-refractivity contribution in [3.8, 4) is 0 Å². The molecule has 94 valence electrons. The number of thiocarbonyl (C=S) groups is 1. The number of likely N-dealkylation sites (tertiary alicyclic amines) is 1. The van der Waals surface area contributed by atoms with Gasteiger partial charge < -0.3 is 5.73 Å².